The molecule has 0 spiro atoms. The highest BCUT2D eigenvalue weighted by Crippen LogP contribution is 2.02. The third-order valence-electron chi connectivity index (χ3n) is 1.95. The predicted molar refractivity (Wildman–Crippen MR) is 54.3 cm³/mol. The van der Waals surface area contributed by atoms with Crippen molar-refractivity contribution in [3.63, 3.8) is 0 Å². The lowest BCUT2D eigenvalue weighted by Gasteiger charge is -1.98. The predicted octanol–water partition coefficient (Wildman–Crippen LogP) is 1.30. The minimum Gasteiger partial charge on any atom is -0.294 e. The fourth-order valence-electron chi connectivity index (χ4n) is 1.21. The van der Waals surface area contributed by atoms with Gasteiger partial charge in [0.1, 0.15) is 6.33 Å². The van der Waals surface area contributed by atoms with Crippen molar-refractivity contribution >= 4 is 5.78 Å². The molecule has 2 rings (SSSR count). The van der Waals surface area contributed by atoms with E-state index in [0.29, 0.717) is 5.56 Å². The molecule has 4 nitrogen and oxygen atoms in total. The summed E-state index contributed by atoms with van der Waals surface area (Å²) in [5.41, 5.74) is 1.27. The van der Waals surface area contributed by atoms with Crippen LogP contribution in [0.5, 0.6) is 0 Å². The number of Topliss-reactive ketones (excluding diaryl/α,β-unsaturated/α-hetero) is 1. The summed E-state index contributed by atoms with van der Waals surface area (Å²) in [5, 5.41) is 0. The molecule has 0 fully saturated rings. The molecule has 0 amide bonds. The van der Waals surface area contributed by atoms with Crippen LogP contribution in [0.2, 0.25) is 0 Å². The molecular weight excluding hydrogens is 190 g/mol. The third-order valence-corrected chi connectivity index (χ3v) is 1.95. The number of pyridine rings is 1. The number of ketones is 1. The second-order valence-corrected chi connectivity index (χ2v) is 3.05. The number of nitrogens with zero attached hydrogens (tertiary/aromatic N) is 3. The topological polar surface area (TPSA) is 55.7 Å². The van der Waals surface area contributed by atoms with Crippen molar-refractivity contribution < 1.29 is 4.79 Å². The van der Waals surface area contributed by atoms with Crippen LogP contribution >= 0.6 is 0 Å². The second-order valence-electron chi connectivity index (χ2n) is 3.05. The Bertz CT molecular complexity index is 442. The Morgan fingerprint density at radius 2 is 2.00 bits per heavy atom. The Morgan fingerprint density at radius 3 is 2.67 bits per heavy atom. The van der Waals surface area contributed by atoms with E-state index in [4.69, 9.17) is 0 Å². The van der Waals surface area contributed by atoms with Crippen LogP contribution in [0.15, 0.2) is 43.1 Å². The Kier molecular flexibility index (Phi) is 2.78. The molecule has 0 bridgehead atoms. The summed E-state index contributed by atoms with van der Waals surface area (Å²) < 4.78 is 0. The zero-order chi connectivity index (χ0) is 10.5. The number of aromatic nitrogens is 3. The van der Waals surface area contributed by atoms with Gasteiger partial charge in [-0.1, -0.05) is 6.07 Å². The van der Waals surface area contributed by atoms with E-state index < -0.39 is 0 Å². The molecule has 0 saturated carbocycles. The van der Waals surface area contributed by atoms with Gasteiger partial charge in [-0.15, -0.1) is 0 Å². The zero-order valence-corrected chi connectivity index (χ0v) is 8.00. The summed E-state index contributed by atoms with van der Waals surface area (Å²) in [6.07, 6.45) is 6.38. The minimum absolute atomic E-state index is 0.0192. The summed E-state index contributed by atoms with van der Waals surface area (Å²) in [6.45, 7) is 0. The molecule has 0 aromatic carbocycles. The van der Waals surface area contributed by atoms with Crippen LogP contribution in [0.3, 0.4) is 0 Å². The van der Waals surface area contributed by atoms with Gasteiger partial charge < -0.3 is 0 Å². The van der Waals surface area contributed by atoms with Gasteiger partial charge in [-0.05, 0) is 12.1 Å². The number of hydrogen-bond donors (Lipinski definition) is 0. The molecule has 2 aromatic heterocycles. The van der Waals surface area contributed by atoms with Crippen LogP contribution in [0.1, 0.15) is 16.1 Å². The van der Waals surface area contributed by atoms with E-state index in [0.717, 1.165) is 5.69 Å². The van der Waals surface area contributed by atoms with E-state index in [9.17, 15) is 4.79 Å². The van der Waals surface area contributed by atoms with Crippen molar-refractivity contribution in [1.82, 2.24) is 15.0 Å². The van der Waals surface area contributed by atoms with Gasteiger partial charge in [0.2, 0.25) is 0 Å². The van der Waals surface area contributed by atoms with Crippen molar-refractivity contribution in [2.24, 2.45) is 0 Å². The molecule has 0 atom stereocenters. The third kappa shape index (κ3) is 2.43. The van der Waals surface area contributed by atoms with E-state index in [2.05, 4.69) is 15.0 Å². The Labute approximate surface area is 87.0 Å². The smallest absolute Gasteiger partial charge is 0.171 e. The first-order valence-corrected chi connectivity index (χ1v) is 4.54. The molecule has 15 heavy (non-hydrogen) atoms. The number of hydrogen-bond acceptors (Lipinski definition) is 4. The summed E-state index contributed by atoms with van der Waals surface area (Å²) in [5.74, 6) is -0.0192. The van der Waals surface area contributed by atoms with E-state index >= 15 is 0 Å². The highest BCUT2D eigenvalue weighted by atomic mass is 16.1. The lowest BCUT2D eigenvalue weighted by atomic mass is 10.1. The summed E-state index contributed by atoms with van der Waals surface area (Å²) >= 11 is 0. The van der Waals surface area contributed by atoms with Crippen molar-refractivity contribution in [1.29, 1.82) is 0 Å². The highest BCUT2D eigenvalue weighted by molar-refractivity contribution is 5.96. The van der Waals surface area contributed by atoms with Gasteiger partial charge in [-0.3, -0.25) is 9.78 Å². The Morgan fingerprint density at radius 1 is 1.20 bits per heavy atom. The minimum atomic E-state index is -0.0192. The molecule has 0 aliphatic rings. The van der Waals surface area contributed by atoms with Gasteiger partial charge in [-0.25, -0.2) is 9.97 Å². The second kappa shape index (κ2) is 4.41. The van der Waals surface area contributed by atoms with E-state index in [1.807, 2.05) is 18.2 Å². The fraction of sp³-hybridized carbons (Fsp3) is 0.0909. The average Bonchev–Trinajstić information content (AvgIpc) is 2.31. The SMILES string of the molecule is O=C(Cc1ccccn1)c1cncnc1. The van der Waals surface area contributed by atoms with E-state index in [1.54, 1.807) is 6.20 Å². The number of rotatable bonds is 3. The molecule has 0 N–H and O–H groups in total. The molecule has 0 radical (unpaired) electrons. The first-order valence-electron chi connectivity index (χ1n) is 4.54. The van der Waals surface area contributed by atoms with E-state index in [-0.39, 0.29) is 12.2 Å². The fourth-order valence-corrected chi connectivity index (χ4v) is 1.21. The van der Waals surface area contributed by atoms with Crippen LogP contribution < -0.4 is 0 Å². The Hall–Kier alpha value is -2.10. The van der Waals surface area contributed by atoms with Gasteiger partial charge in [-0.2, -0.15) is 0 Å². The van der Waals surface area contributed by atoms with Gasteiger partial charge in [0, 0.05) is 24.3 Å². The molecule has 0 unspecified atom stereocenters. The largest absolute Gasteiger partial charge is 0.294 e. The average molecular weight is 199 g/mol. The quantitative estimate of drug-likeness (QED) is 0.699. The van der Waals surface area contributed by atoms with Gasteiger partial charge in [0.25, 0.3) is 0 Å². The monoisotopic (exact) mass is 199 g/mol. The zero-order valence-electron chi connectivity index (χ0n) is 8.00. The molecule has 2 aromatic rings. The lowest BCUT2D eigenvalue weighted by Crippen LogP contribution is -2.05. The maximum Gasteiger partial charge on any atom is 0.171 e. The van der Waals surface area contributed by atoms with Crippen molar-refractivity contribution in [2.45, 2.75) is 6.42 Å². The molecule has 0 aliphatic heterocycles. The normalized spacial score (nSPS) is 9.87. The number of carbonyl (C=O) groups excluding carboxylic acids is 1. The lowest BCUT2D eigenvalue weighted by molar-refractivity contribution is 0.0991. The van der Waals surface area contributed by atoms with Gasteiger partial charge in [0.05, 0.1) is 12.0 Å². The Balaban J connectivity index is 2.12. The van der Waals surface area contributed by atoms with Gasteiger partial charge >= 0.3 is 0 Å². The van der Waals surface area contributed by atoms with Crippen molar-refractivity contribution in [2.75, 3.05) is 0 Å². The van der Waals surface area contributed by atoms with Crippen LogP contribution in [0.25, 0.3) is 0 Å². The van der Waals surface area contributed by atoms with E-state index in [1.165, 1.54) is 18.7 Å². The van der Waals surface area contributed by atoms with Crippen molar-refractivity contribution in [3.8, 4) is 0 Å². The molecular formula is C11H9N3O. The maximum atomic E-state index is 11.7. The first kappa shape index (κ1) is 9.45. The van der Waals surface area contributed by atoms with Crippen LogP contribution in [0, 0.1) is 0 Å². The molecule has 0 aliphatic carbocycles. The summed E-state index contributed by atoms with van der Waals surface area (Å²) in [6, 6.07) is 5.50. The molecule has 2 heterocycles. The van der Waals surface area contributed by atoms with Crippen molar-refractivity contribution in [3.05, 3.63) is 54.4 Å². The molecule has 74 valence electrons. The first-order chi connectivity index (χ1) is 7.36. The summed E-state index contributed by atoms with van der Waals surface area (Å²) in [7, 11) is 0. The highest BCUT2D eigenvalue weighted by Gasteiger charge is 2.07. The van der Waals surface area contributed by atoms with Crippen LogP contribution in [0.4, 0.5) is 0 Å². The van der Waals surface area contributed by atoms with Crippen LogP contribution in [-0.4, -0.2) is 20.7 Å². The van der Waals surface area contributed by atoms with Crippen LogP contribution in [-0.2, 0) is 6.42 Å². The molecule has 4 heteroatoms. The standard InChI is InChI=1S/C11H9N3O/c15-11(9-6-12-8-13-7-9)5-10-3-1-2-4-14-10/h1-4,6-8H,5H2. The summed E-state index contributed by atoms with van der Waals surface area (Å²) in [4.78, 5) is 23.4. The number of carbonyl (C=O) groups is 1. The molecule has 0 saturated heterocycles. The van der Waals surface area contributed by atoms with Gasteiger partial charge in [0.15, 0.2) is 5.78 Å². The maximum absolute atomic E-state index is 11.7.